The maximum absolute atomic E-state index is 13.9. The smallest absolute Gasteiger partial charge is 0.226 e. The van der Waals surface area contributed by atoms with Crippen LogP contribution in [0.1, 0.15) is 42.7 Å². The molecule has 0 saturated heterocycles. The molecule has 1 amide bonds. The molecule has 1 heterocycles. The van der Waals surface area contributed by atoms with E-state index in [1.807, 2.05) is 45.9 Å². The van der Waals surface area contributed by atoms with Gasteiger partial charge in [-0.15, -0.1) is 0 Å². The average Bonchev–Trinajstić information content (AvgIpc) is 3.42. The summed E-state index contributed by atoms with van der Waals surface area (Å²) in [5.74, 6) is -0.345. The van der Waals surface area contributed by atoms with Crippen molar-refractivity contribution in [2.45, 2.75) is 45.8 Å². The summed E-state index contributed by atoms with van der Waals surface area (Å²) in [5.41, 5.74) is 3.88. The first-order chi connectivity index (χ1) is 20.7. The molecule has 0 fully saturated rings. The molecular weight excluding hydrogens is 583 g/mol. The third kappa shape index (κ3) is 9.37. The molecule has 0 spiro atoms. The van der Waals surface area contributed by atoms with Gasteiger partial charge in [0.05, 0.1) is 24.4 Å². The third-order valence-electron chi connectivity index (χ3n) is 7.30. The fourth-order valence-corrected chi connectivity index (χ4v) is 5.14. The van der Waals surface area contributed by atoms with Crippen LogP contribution in [-0.4, -0.2) is 38.1 Å². The van der Waals surface area contributed by atoms with Crippen molar-refractivity contribution in [3.8, 4) is 6.07 Å². The van der Waals surface area contributed by atoms with Crippen LogP contribution in [0.2, 0.25) is 5.02 Å². The molecule has 0 aliphatic rings. The molecule has 3 aromatic carbocycles. The van der Waals surface area contributed by atoms with Gasteiger partial charge in [-0.2, -0.15) is 5.26 Å². The molecule has 10 heteroatoms. The predicted molar refractivity (Wildman–Crippen MR) is 172 cm³/mol. The van der Waals surface area contributed by atoms with Crippen LogP contribution in [0.4, 0.5) is 10.1 Å². The van der Waals surface area contributed by atoms with Crippen LogP contribution in [0.15, 0.2) is 85.3 Å². The number of carbonyl (C=O) groups is 1. The van der Waals surface area contributed by atoms with Gasteiger partial charge in [-0.1, -0.05) is 62.2 Å². The molecule has 0 aliphatic heterocycles. The number of rotatable bonds is 12. The van der Waals surface area contributed by atoms with Gasteiger partial charge in [-0.05, 0) is 71.7 Å². The van der Waals surface area contributed by atoms with Crippen LogP contribution in [-0.2, 0) is 24.3 Å². The Bertz CT molecular complexity index is 1580. The lowest BCUT2D eigenvalue weighted by Crippen LogP contribution is -2.50. The number of nitrogens with one attached hydrogen (secondary N) is 2. The molecule has 43 heavy (non-hydrogen) atoms. The number of thiocarbonyl (C=S) groups is 1. The third-order valence-corrected chi connectivity index (χ3v) is 7.89. The molecule has 1 aromatic heterocycles. The fraction of sp³-hybridized carbons (Fsp3) is 0.273. The van der Waals surface area contributed by atoms with Gasteiger partial charge in [0.25, 0.3) is 0 Å². The highest BCUT2D eigenvalue weighted by Crippen LogP contribution is 2.18. The van der Waals surface area contributed by atoms with Gasteiger partial charge in [0.15, 0.2) is 5.11 Å². The highest BCUT2D eigenvalue weighted by Gasteiger charge is 2.24. The largest absolute Gasteiger partial charge is 0.351 e. The van der Waals surface area contributed by atoms with E-state index in [9.17, 15) is 9.18 Å². The second kappa shape index (κ2) is 15.3. The number of hydrogen-bond acceptors (Lipinski definition) is 4. The van der Waals surface area contributed by atoms with Gasteiger partial charge >= 0.3 is 0 Å². The van der Waals surface area contributed by atoms with E-state index in [4.69, 9.17) is 29.1 Å². The van der Waals surface area contributed by atoms with E-state index in [1.165, 1.54) is 12.1 Å². The summed E-state index contributed by atoms with van der Waals surface area (Å²) in [4.78, 5) is 19.6. The summed E-state index contributed by atoms with van der Waals surface area (Å²) in [6.45, 7) is 5.60. The van der Waals surface area contributed by atoms with Crippen molar-refractivity contribution in [2.24, 2.45) is 5.92 Å². The number of imidazole rings is 1. The number of carbonyl (C=O) groups excluding carboxylic acids is 1. The lowest BCUT2D eigenvalue weighted by molar-refractivity contribution is -0.121. The standard InChI is InChI=1S/C33H34ClFN6OS/c1-3-23(2)31(39-32(42)16-30-18-37-22-41(30)19-25-12-10-24(17-36)11-13-25)21-40(20-26-6-4-7-27(34)14-26)33(43)38-29-9-5-8-28(35)15-29/h4-15,18,22-23,31H,3,16,19-21H2,1-2H3,(H,38,43)(H,39,42)/t23-,31+/m0/s1. The van der Waals surface area contributed by atoms with Gasteiger partial charge in [0.2, 0.25) is 5.91 Å². The van der Waals surface area contributed by atoms with Crippen molar-refractivity contribution < 1.29 is 9.18 Å². The van der Waals surface area contributed by atoms with Crippen molar-refractivity contribution in [3.05, 3.63) is 119 Å². The van der Waals surface area contributed by atoms with E-state index < -0.39 is 0 Å². The van der Waals surface area contributed by atoms with Crippen LogP contribution in [0, 0.1) is 23.1 Å². The normalized spacial score (nSPS) is 12.2. The van der Waals surface area contributed by atoms with E-state index in [-0.39, 0.29) is 30.1 Å². The van der Waals surface area contributed by atoms with Crippen molar-refractivity contribution >= 4 is 40.5 Å². The van der Waals surface area contributed by atoms with E-state index >= 15 is 0 Å². The lowest BCUT2D eigenvalue weighted by atomic mass is 9.98. The number of halogens is 2. The number of amides is 1. The number of hydrogen-bond donors (Lipinski definition) is 2. The summed E-state index contributed by atoms with van der Waals surface area (Å²) in [7, 11) is 0. The minimum atomic E-state index is -0.364. The molecule has 4 aromatic rings. The second-order valence-corrected chi connectivity index (χ2v) is 11.3. The molecule has 7 nitrogen and oxygen atoms in total. The van der Waals surface area contributed by atoms with Crippen molar-refractivity contribution in [2.75, 3.05) is 11.9 Å². The lowest BCUT2D eigenvalue weighted by Gasteiger charge is -2.33. The van der Waals surface area contributed by atoms with Crippen LogP contribution in [0.5, 0.6) is 0 Å². The number of nitrogens with zero attached hydrogens (tertiary/aromatic N) is 4. The van der Waals surface area contributed by atoms with Crippen molar-refractivity contribution in [1.29, 1.82) is 5.26 Å². The number of nitriles is 1. The van der Waals surface area contributed by atoms with E-state index in [0.29, 0.717) is 41.0 Å². The van der Waals surface area contributed by atoms with Gasteiger partial charge < -0.3 is 20.1 Å². The summed E-state index contributed by atoms with van der Waals surface area (Å²) < 4.78 is 15.8. The summed E-state index contributed by atoms with van der Waals surface area (Å²) >= 11 is 12.1. The molecule has 2 atom stereocenters. The quantitative estimate of drug-likeness (QED) is 0.175. The zero-order valence-corrected chi connectivity index (χ0v) is 25.7. The Morgan fingerprint density at radius 2 is 1.91 bits per heavy atom. The molecule has 2 N–H and O–H groups in total. The number of anilines is 1. The Labute approximate surface area is 262 Å². The predicted octanol–water partition coefficient (Wildman–Crippen LogP) is 6.57. The molecule has 222 valence electrons. The first kappa shape index (κ1) is 31.7. The molecule has 0 radical (unpaired) electrons. The molecule has 0 bridgehead atoms. The molecule has 0 aliphatic carbocycles. The van der Waals surface area contributed by atoms with Crippen LogP contribution < -0.4 is 10.6 Å². The zero-order chi connectivity index (χ0) is 30.8. The Balaban J connectivity index is 1.49. The van der Waals surface area contributed by atoms with Crippen LogP contribution >= 0.6 is 23.8 Å². The van der Waals surface area contributed by atoms with E-state index in [1.54, 1.807) is 36.8 Å². The second-order valence-electron chi connectivity index (χ2n) is 10.5. The minimum Gasteiger partial charge on any atom is -0.351 e. The fourth-order valence-electron chi connectivity index (χ4n) is 4.67. The SMILES string of the molecule is CC[C@H](C)[C@@H](CN(Cc1cccc(Cl)c1)C(=S)Nc1cccc(F)c1)NC(=O)Cc1cncn1Cc1ccc(C#N)cc1. The van der Waals surface area contributed by atoms with Gasteiger partial charge in [-0.25, -0.2) is 9.37 Å². The average molecular weight is 617 g/mol. The summed E-state index contributed by atoms with van der Waals surface area (Å²) in [6.07, 6.45) is 4.40. The Hall–Kier alpha value is -4.26. The first-order valence-corrected chi connectivity index (χ1v) is 14.9. The monoisotopic (exact) mass is 616 g/mol. The highest BCUT2D eigenvalue weighted by atomic mass is 35.5. The maximum Gasteiger partial charge on any atom is 0.226 e. The first-order valence-electron chi connectivity index (χ1n) is 14.1. The molecular formula is C33H34ClFN6OS. The van der Waals surface area contributed by atoms with E-state index in [0.717, 1.165) is 23.2 Å². The van der Waals surface area contributed by atoms with Gasteiger partial charge in [0.1, 0.15) is 5.82 Å². The molecule has 0 saturated carbocycles. The minimum absolute atomic E-state index is 0.126. The molecule has 0 unspecified atom stereocenters. The molecule has 4 rings (SSSR count). The van der Waals surface area contributed by atoms with Crippen molar-refractivity contribution in [3.63, 3.8) is 0 Å². The maximum atomic E-state index is 13.9. The summed E-state index contributed by atoms with van der Waals surface area (Å²) in [5, 5.41) is 16.5. The van der Waals surface area contributed by atoms with Gasteiger partial charge in [-0.3, -0.25) is 4.79 Å². The van der Waals surface area contributed by atoms with Crippen LogP contribution in [0.25, 0.3) is 0 Å². The van der Waals surface area contributed by atoms with E-state index in [2.05, 4.69) is 35.5 Å². The highest BCUT2D eigenvalue weighted by molar-refractivity contribution is 7.80. The number of aromatic nitrogens is 2. The van der Waals surface area contributed by atoms with Crippen molar-refractivity contribution in [1.82, 2.24) is 19.8 Å². The Kier molecular flexibility index (Phi) is 11.3. The Morgan fingerprint density at radius 3 is 2.60 bits per heavy atom. The van der Waals surface area contributed by atoms with Gasteiger partial charge in [0, 0.05) is 48.3 Å². The summed E-state index contributed by atoms with van der Waals surface area (Å²) in [6, 6.07) is 22.9. The topological polar surface area (TPSA) is 86.0 Å². The number of benzene rings is 3. The Morgan fingerprint density at radius 1 is 1.14 bits per heavy atom. The zero-order valence-electron chi connectivity index (χ0n) is 24.1. The van der Waals surface area contributed by atoms with Crippen LogP contribution in [0.3, 0.4) is 0 Å².